The number of carbonyl (C=O) groups is 1. The first-order valence-corrected chi connectivity index (χ1v) is 7.85. The van der Waals surface area contributed by atoms with Crippen LogP contribution in [0.1, 0.15) is 23.6 Å². The van der Waals surface area contributed by atoms with Crippen molar-refractivity contribution in [3.8, 4) is 0 Å². The second kappa shape index (κ2) is 7.07. The fourth-order valence-corrected chi connectivity index (χ4v) is 3.10. The number of nitrogens with zero attached hydrogens (tertiary/aromatic N) is 1. The molecule has 1 saturated heterocycles. The van der Waals surface area contributed by atoms with E-state index in [0.717, 1.165) is 56.8 Å². The van der Waals surface area contributed by atoms with Gasteiger partial charge < -0.3 is 15.4 Å². The van der Waals surface area contributed by atoms with Gasteiger partial charge in [0.2, 0.25) is 0 Å². The van der Waals surface area contributed by atoms with Crippen molar-refractivity contribution in [3.05, 3.63) is 35.1 Å². The highest BCUT2D eigenvalue weighted by Crippen LogP contribution is 2.31. The molecule has 2 aliphatic rings. The lowest BCUT2D eigenvalue weighted by Crippen LogP contribution is -2.44. The predicted molar refractivity (Wildman–Crippen MR) is 81.3 cm³/mol. The Bertz CT molecular complexity index is 532. The summed E-state index contributed by atoms with van der Waals surface area (Å²) in [5.41, 5.74) is 2.03. The number of morpholine rings is 1. The van der Waals surface area contributed by atoms with Gasteiger partial charge in [0.1, 0.15) is 5.82 Å². The Labute approximate surface area is 129 Å². The summed E-state index contributed by atoms with van der Waals surface area (Å²) < 4.78 is 18.5. The molecule has 2 N–H and O–H groups in total. The molecule has 1 fully saturated rings. The Morgan fingerprint density at radius 3 is 3.00 bits per heavy atom. The summed E-state index contributed by atoms with van der Waals surface area (Å²) in [5.74, 6) is -0.214. The Morgan fingerprint density at radius 2 is 2.18 bits per heavy atom. The molecule has 0 saturated carbocycles. The Morgan fingerprint density at radius 1 is 1.36 bits per heavy atom. The number of rotatable bonds is 4. The molecule has 1 heterocycles. The molecule has 5 nitrogen and oxygen atoms in total. The van der Waals surface area contributed by atoms with Gasteiger partial charge in [0.15, 0.2) is 0 Å². The molecule has 0 spiro atoms. The van der Waals surface area contributed by atoms with Crippen molar-refractivity contribution in [2.75, 3.05) is 39.4 Å². The van der Waals surface area contributed by atoms with Gasteiger partial charge >= 0.3 is 6.03 Å². The third-order valence-corrected chi connectivity index (χ3v) is 4.31. The molecule has 2 amide bonds. The van der Waals surface area contributed by atoms with E-state index in [9.17, 15) is 9.18 Å². The van der Waals surface area contributed by atoms with E-state index in [2.05, 4.69) is 15.5 Å². The average molecular weight is 307 g/mol. The van der Waals surface area contributed by atoms with E-state index in [4.69, 9.17) is 4.74 Å². The molecule has 6 heteroatoms. The van der Waals surface area contributed by atoms with Crippen LogP contribution in [-0.2, 0) is 11.2 Å². The number of fused-ring (bicyclic) bond motifs is 1. The fourth-order valence-electron chi connectivity index (χ4n) is 3.10. The number of nitrogens with one attached hydrogen (secondary N) is 2. The number of hydrogen-bond acceptors (Lipinski definition) is 3. The Hall–Kier alpha value is -1.66. The SMILES string of the molecule is O=C(NCCN1CCOCC1)N[C@@H]1CCc2cc(F)ccc21. The van der Waals surface area contributed by atoms with Crippen LogP contribution in [0.2, 0.25) is 0 Å². The van der Waals surface area contributed by atoms with Crippen LogP contribution in [-0.4, -0.2) is 50.3 Å². The van der Waals surface area contributed by atoms with E-state index in [1.807, 2.05) is 0 Å². The maximum atomic E-state index is 13.2. The van der Waals surface area contributed by atoms with Gasteiger partial charge in [-0.25, -0.2) is 9.18 Å². The first kappa shape index (κ1) is 15.2. The van der Waals surface area contributed by atoms with Gasteiger partial charge in [0, 0.05) is 26.2 Å². The number of ether oxygens (including phenoxy) is 1. The molecule has 0 radical (unpaired) electrons. The van der Waals surface area contributed by atoms with Crippen LogP contribution < -0.4 is 10.6 Å². The summed E-state index contributed by atoms with van der Waals surface area (Å²) >= 11 is 0. The quantitative estimate of drug-likeness (QED) is 0.885. The van der Waals surface area contributed by atoms with Crippen molar-refractivity contribution in [1.29, 1.82) is 0 Å². The summed E-state index contributed by atoms with van der Waals surface area (Å²) in [6, 6.07) is 4.62. The van der Waals surface area contributed by atoms with Crippen molar-refractivity contribution in [3.63, 3.8) is 0 Å². The molecule has 3 rings (SSSR count). The second-order valence-corrected chi connectivity index (χ2v) is 5.79. The highest BCUT2D eigenvalue weighted by Gasteiger charge is 2.24. The maximum Gasteiger partial charge on any atom is 0.315 e. The van der Waals surface area contributed by atoms with Gasteiger partial charge in [0.05, 0.1) is 19.3 Å². The molecule has 22 heavy (non-hydrogen) atoms. The second-order valence-electron chi connectivity index (χ2n) is 5.79. The first-order chi connectivity index (χ1) is 10.7. The zero-order valence-electron chi connectivity index (χ0n) is 12.6. The number of aryl methyl sites for hydroxylation is 1. The van der Waals surface area contributed by atoms with Gasteiger partial charge in [-0.05, 0) is 36.1 Å². The van der Waals surface area contributed by atoms with Crippen molar-refractivity contribution in [2.45, 2.75) is 18.9 Å². The van der Waals surface area contributed by atoms with Crippen LogP contribution >= 0.6 is 0 Å². The summed E-state index contributed by atoms with van der Waals surface area (Å²) in [4.78, 5) is 14.3. The third-order valence-electron chi connectivity index (χ3n) is 4.31. The van der Waals surface area contributed by atoms with Crippen LogP contribution in [0.3, 0.4) is 0 Å². The standard InChI is InChI=1S/C16H22FN3O2/c17-13-2-3-14-12(11-13)1-4-15(14)19-16(21)18-5-6-20-7-9-22-10-8-20/h2-3,11,15H,1,4-10H2,(H2,18,19,21)/t15-/m1/s1. The maximum absolute atomic E-state index is 13.2. The number of benzene rings is 1. The molecule has 1 aromatic rings. The van der Waals surface area contributed by atoms with Crippen LogP contribution in [0.15, 0.2) is 18.2 Å². The zero-order valence-corrected chi connectivity index (χ0v) is 12.6. The highest BCUT2D eigenvalue weighted by atomic mass is 19.1. The zero-order chi connectivity index (χ0) is 15.4. The summed E-state index contributed by atoms with van der Waals surface area (Å²) in [5, 5.41) is 5.87. The summed E-state index contributed by atoms with van der Waals surface area (Å²) in [6.45, 7) is 4.83. The van der Waals surface area contributed by atoms with E-state index >= 15 is 0 Å². The van der Waals surface area contributed by atoms with Crippen molar-refractivity contribution in [1.82, 2.24) is 15.5 Å². The van der Waals surface area contributed by atoms with Crippen molar-refractivity contribution in [2.24, 2.45) is 0 Å². The van der Waals surface area contributed by atoms with Crippen LogP contribution in [0.25, 0.3) is 0 Å². The van der Waals surface area contributed by atoms with E-state index in [1.165, 1.54) is 6.07 Å². The summed E-state index contributed by atoms with van der Waals surface area (Å²) in [7, 11) is 0. The van der Waals surface area contributed by atoms with E-state index in [0.29, 0.717) is 6.54 Å². The van der Waals surface area contributed by atoms with Gasteiger partial charge in [-0.2, -0.15) is 0 Å². The fraction of sp³-hybridized carbons (Fsp3) is 0.562. The number of urea groups is 1. The smallest absolute Gasteiger partial charge is 0.315 e. The van der Waals surface area contributed by atoms with Gasteiger partial charge in [-0.3, -0.25) is 4.90 Å². The van der Waals surface area contributed by atoms with Crippen LogP contribution in [0.4, 0.5) is 9.18 Å². The number of hydrogen-bond donors (Lipinski definition) is 2. The number of halogens is 1. The molecule has 0 aromatic heterocycles. The lowest BCUT2D eigenvalue weighted by molar-refractivity contribution is 0.0387. The van der Waals surface area contributed by atoms with E-state index < -0.39 is 0 Å². The highest BCUT2D eigenvalue weighted by molar-refractivity contribution is 5.74. The topological polar surface area (TPSA) is 53.6 Å². The van der Waals surface area contributed by atoms with Crippen molar-refractivity contribution >= 4 is 6.03 Å². The largest absolute Gasteiger partial charge is 0.379 e. The molecule has 1 aromatic carbocycles. The van der Waals surface area contributed by atoms with Gasteiger partial charge in [-0.15, -0.1) is 0 Å². The first-order valence-electron chi connectivity index (χ1n) is 7.85. The molecule has 120 valence electrons. The molecule has 0 bridgehead atoms. The van der Waals surface area contributed by atoms with Crippen LogP contribution in [0, 0.1) is 5.82 Å². The third kappa shape index (κ3) is 3.75. The Balaban J connectivity index is 1.43. The van der Waals surface area contributed by atoms with E-state index in [1.54, 1.807) is 12.1 Å². The summed E-state index contributed by atoms with van der Waals surface area (Å²) in [6.07, 6.45) is 1.64. The molecule has 1 aliphatic carbocycles. The lowest BCUT2D eigenvalue weighted by Gasteiger charge is -2.26. The molecular formula is C16H22FN3O2. The molecule has 1 aliphatic heterocycles. The molecule has 0 unspecified atom stereocenters. The average Bonchev–Trinajstić information content (AvgIpc) is 2.90. The number of amides is 2. The monoisotopic (exact) mass is 307 g/mol. The normalized spacial score (nSPS) is 21.4. The predicted octanol–water partition coefficient (Wildman–Crippen LogP) is 1.44. The minimum Gasteiger partial charge on any atom is -0.379 e. The van der Waals surface area contributed by atoms with Gasteiger partial charge in [0.25, 0.3) is 0 Å². The van der Waals surface area contributed by atoms with Crippen LogP contribution in [0.5, 0.6) is 0 Å². The molecular weight excluding hydrogens is 285 g/mol. The number of carbonyl (C=O) groups excluding carboxylic acids is 1. The van der Waals surface area contributed by atoms with Crippen molar-refractivity contribution < 1.29 is 13.9 Å². The minimum absolute atomic E-state index is 0.0148. The lowest BCUT2D eigenvalue weighted by atomic mass is 10.1. The minimum atomic E-state index is -0.214. The molecule has 1 atom stereocenters. The van der Waals surface area contributed by atoms with Gasteiger partial charge in [-0.1, -0.05) is 6.07 Å². The van der Waals surface area contributed by atoms with E-state index in [-0.39, 0.29) is 17.9 Å². The Kier molecular flexibility index (Phi) is 4.90.